The Labute approximate surface area is 67.3 Å². The van der Waals surface area contributed by atoms with Crippen molar-refractivity contribution in [1.29, 1.82) is 0 Å². The largest absolute Gasteiger partial charge is 0.330 e. The maximum Gasteiger partial charge on any atom is 0.166 e. The second-order valence-electron chi connectivity index (χ2n) is 3.13. The summed E-state index contributed by atoms with van der Waals surface area (Å²) in [6.45, 7) is 2.64. The normalized spacial score (nSPS) is 30.2. The van der Waals surface area contributed by atoms with Gasteiger partial charge in [-0.1, -0.05) is 6.42 Å². The lowest BCUT2D eigenvalue weighted by atomic mass is 9.92. The van der Waals surface area contributed by atoms with Crippen LogP contribution in [0.3, 0.4) is 0 Å². The summed E-state index contributed by atoms with van der Waals surface area (Å²) >= 11 is 0. The second kappa shape index (κ2) is 3.83. The van der Waals surface area contributed by atoms with Crippen LogP contribution in [0.1, 0.15) is 26.2 Å². The number of carbonyl (C=O) groups is 1. The third kappa shape index (κ3) is 2.01. The number of carbonyl (C=O) groups excluding carboxylic acids is 1. The number of ketones is 1. The highest BCUT2D eigenvalue weighted by Gasteiger charge is 2.33. The SMILES string of the molecule is CC1NC(CCCCN)C1=O. The molecular weight excluding hydrogens is 140 g/mol. The molecule has 2 atom stereocenters. The van der Waals surface area contributed by atoms with Crippen LogP contribution in [0.25, 0.3) is 0 Å². The average Bonchev–Trinajstić information content (AvgIpc) is 2.03. The summed E-state index contributed by atoms with van der Waals surface area (Å²) in [4.78, 5) is 11.1. The molecule has 1 aliphatic heterocycles. The molecule has 11 heavy (non-hydrogen) atoms. The molecule has 3 N–H and O–H groups in total. The van der Waals surface area contributed by atoms with E-state index in [9.17, 15) is 4.79 Å². The van der Waals surface area contributed by atoms with Gasteiger partial charge in [0.25, 0.3) is 0 Å². The zero-order chi connectivity index (χ0) is 8.27. The van der Waals surface area contributed by atoms with Gasteiger partial charge in [-0.05, 0) is 26.3 Å². The predicted molar refractivity (Wildman–Crippen MR) is 44.3 cm³/mol. The third-order valence-electron chi connectivity index (χ3n) is 2.17. The van der Waals surface area contributed by atoms with Crippen molar-refractivity contribution >= 4 is 5.78 Å². The molecule has 64 valence electrons. The number of hydrogen-bond acceptors (Lipinski definition) is 3. The van der Waals surface area contributed by atoms with Crippen LogP contribution in [0.15, 0.2) is 0 Å². The first-order valence-corrected chi connectivity index (χ1v) is 4.25. The molecular formula is C8H16N2O. The van der Waals surface area contributed by atoms with E-state index in [1.54, 1.807) is 0 Å². The number of nitrogens with one attached hydrogen (secondary N) is 1. The van der Waals surface area contributed by atoms with E-state index in [1.165, 1.54) is 0 Å². The minimum atomic E-state index is 0.0953. The van der Waals surface area contributed by atoms with Crippen molar-refractivity contribution in [2.75, 3.05) is 6.54 Å². The van der Waals surface area contributed by atoms with E-state index in [-0.39, 0.29) is 12.1 Å². The fourth-order valence-electron chi connectivity index (χ4n) is 1.39. The van der Waals surface area contributed by atoms with Gasteiger partial charge in [0, 0.05) is 0 Å². The van der Waals surface area contributed by atoms with Crippen LogP contribution in [0.2, 0.25) is 0 Å². The second-order valence-corrected chi connectivity index (χ2v) is 3.13. The molecule has 3 nitrogen and oxygen atoms in total. The maximum atomic E-state index is 11.1. The fourth-order valence-corrected chi connectivity index (χ4v) is 1.39. The monoisotopic (exact) mass is 156 g/mol. The molecule has 2 unspecified atom stereocenters. The van der Waals surface area contributed by atoms with Gasteiger partial charge >= 0.3 is 0 Å². The minimum Gasteiger partial charge on any atom is -0.330 e. The highest BCUT2D eigenvalue weighted by atomic mass is 16.1. The van der Waals surface area contributed by atoms with E-state index in [0.717, 1.165) is 25.8 Å². The van der Waals surface area contributed by atoms with E-state index in [0.29, 0.717) is 5.78 Å². The Bertz CT molecular complexity index is 147. The Morgan fingerprint density at radius 2 is 2.27 bits per heavy atom. The summed E-state index contributed by atoms with van der Waals surface area (Å²) in [7, 11) is 0. The molecule has 0 radical (unpaired) electrons. The number of rotatable bonds is 4. The molecule has 1 rings (SSSR count). The molecule has 0 aliphatic carbocycles. The average molecular weight is 156 g/mol. The van der Waals surface area contributed by atoms with Crippen LogP contribution in [0.5, 0.6) is 0 Å². The topological polar surface area (TPSA) is 55.1 Å². The summed E-state index contributed by atoms with van der Waals surface area (Å²) in [6.07, 6.45) is 3.05. The summed E-state index contributed by atoms with van der Waals surface area (Å²) in [6, 6.07) is 0.231. The molecule has 0 amide bonds. The smallest absolute Gasteiger partial charge is 0.166 e. The molecule has 3 heteroatoms. The molecule has 0 aromatic rings. The van der Waals surface area contributed by atoms with Gasteiger partial charge in [0.1, 0.15) is 0 Å². The molecule has 0 bridgehead atoms. The van der Waals surface area contributed by atoms with Gasteiger partial charge in [0.05, 0.1) is 12.1 Å². The number of hydrogen-bond donors (Lipinski definition) is 2. The summed E-state index contributed by atoms with van der Waals surface area (Å²) in [5, 5.41) is 3.16. The quantitative estimate of drug-likeness (QED) is 0.565. The molecule has 0 spiro atoms. The summed E-state index contributed by atoms with van der Waals surface area (Å²) in [5.74, 6) is 0.363. The minimum absolute atomic E-state index is 0.0953. The van der Waals surface area contributed by atoms with Crippen molar-refractivity contribution in [3.63, 3.8) is 0 Å². The van der Waals surface area contributed by atoms with E-state index in [4.69, 9.17) is 5.73 Å². The lowest BCUT2D eigenvalue weighted by Gasteiger charge is -2.32. The fraction of sp³-hybridized carbons (Fsp3) is 0.875. The van der Waals surface area contributed by atoms with Gasteiger partial charge in [-0.3, -0.25) is 10.1 Å². The predicted octanol–water partition coefficient (Wildman–Crippen LogP) is 0.0448. The highest BCUT2D eigenvalue weighted by Crippen LogP contribution is 2.12. The number of Topliss-reactive ketones (excluding diaryl/α,β-unsaturated/α-hetero) is 1. The van der Waals surface area contributed by atoms with Crippen molar-refractivity contribution in [3.05, 3.63) is 0 Å². The van der Waals surface area contributed by atoms with Gasteiger partial charge in [-0.25, -0.2) is 0 Å². The first kappa shape index (κ1) is 8.68. The first-order chi connectivity index (χ1) is 5.25. The number of unbranched alkanes of at least 4 members (excludes halogenated alkanes) is 1. The van der Waals surface area contributed by atoms with Gasteiger partial charge < -0.3 is 5.73 Å². The van der Waals surface area contributed by atoms with Crippen LogP contribution < -0.4 is 11.1 Å². The standard InChI is InChI=1S/C8H16N2O/c1-6-8(11)7(10-6)4-2-3-5-9/h6-7,10H,2-5,9H2,1H3. The van der Waals surface area contributed by atoms with E-state index in [2.05, 4.69) is 5.32 Å². The third-order valence-corrected chi connectivity index (χ3v) is 2.17. The first-order valence-electron chi connectivity index (χ1n) is 4.25. The molecule has 1 saturated heterocycles. The van der Waals surface area contributed by atoms with Crippen molar-refractivity contribution in [1.82, 2.24) is 5.32 Å². The van der Waals surface area contributed by atoms with E-state index >= 15 is 0 Å². The molecule has 1 fully saturated rings. The molecule has 0 aromatic carbocycles. The zero-order valence-corrected chi connectivity index (χ0v) is 6.97. The van der Waals surface area contributed by atoms with Crippen molar-refractivity contribution in [2.45, 2.75) is 38.3 Å². The Kier molecular flexibility index (Phi) is 3.02. The highest BCUT2D eigenvalue weighted by molar-refractivity contribution is 5.94. The Balaban J connectivity index is 2.06. The zero-order valence-electron chi connectivity index (χ0n) is 6.97. The Hall–Kier alpha value is -0.410. The summed E-state index contributed by atoms with van der Waals surface area (Å²) in [5.41, 5.74) is 5.33. The van der Waals surface area contributed by atoms with Gasteiger partial charge in [0.15, 0.2) is 5.78 Å². The van der Waals surface area contributed by atoms with Crippen LogP contribution in [-0.2, 0) is 4.79 Å². The van der Waals surface area contributed by atoms with Crippen LogP contribution in [-0.4, -0.2) is 24.4 Å². The van der Waals surface area contributed by atoms with Crippen molar-refractivity contribution in [2.24, 2.45) is 5.73 Å². The summed E-state index contributed by atoms with van der Waals surface area (Å²) < 4.78 is 0. The molecule has 1 heterocycles. The molecule has 0 aromatic heterocycles. The van der Waals surface area contributed by atoms with Crippen molar-refractivity contribution in [3.8, 4) is 0 Å². The lowest BCUT2D eigenvalue weighted by Crippen LogP contribution is -2.60. The maximum absolute atomic E-state index is 11.1. The Morgan fingerprint density at radius 3 is 2.73 bits per heavy atom. The van der Waals surface area contributed by atoms with Gasteiger partial charge in [0.2, 0.25) is 0 Å². The van der Waals surface area contributed by atoms with Crippen LogP contribution >= 0.6 is 0 Å². The van der Waals surface area contributed by atoms with Crippen molar-refractivity contribution < 1.29 is 4.79 Å². The lowest BCUT2D eigenvalue weighted by molar-refractivity contribution is -0.129. The Morgan fingerprint density at radius 1 is 1.55 bits per heavy atom. The van der Waals surface area contributed by atoms with Gasteiger partial charge in [-0.2, -0.15) is 0 Å². The van der Waals surface area contributed by atoms with Gasteiger partial charge in [-0.15, -0.1) is 0 Å². The molecule has 0 saturated carbocycles. The van der Waals surface area contributed by atoms with Crippen LogP contribution in [0.4, 0.5) is 0 Å². The number of nitrogens with two attached hydrogens (primary N) is 1. The van der Waals surface area contributed by atoms with Crippen LogP contribution in [0, 0.1) is 0 Å². The van der Waals surface area contributed by atoms with E-state index < -0.39 is 0 Å². The van der Waals surface area contributed by atoms with E-state index in [1.807, 2.05) is 6.92 Å². The molecule has 1 aliphatic rings.